The van der Waals surface area contributed by atoms with Gasteiger partial charge in [-0.1, -0.05) is 17.7 Å². The Hall–Kier alpha value is -2.98. The molecule has 0 saturated heterocycles. The van der Waals surface area contributed by atoms with Crippen LogP contribution < -0.4 is 10.1 Å². The maximum atomic E-state index is 13.5. The van der Waals surface area contributed by atoms with Crippen molar-refractivity contribution in [1.82, 2.24) is 9.80 Å². The van der Waals surface area contributed by atoms with Gasteiger partial charge < -0.3 is 25.0 Å². The number of fused-ring (bicyclic) bond motifs is 1. The number of nitrogens with one attached hydrogen (secondary N) is 1. The number of carbonyl (C=O) groups is 2. The van der Waals surface area contributed by atoms with Gasteiger partial charge in [0.2, 0.25) is 0 Å². The average molecular weight is 482 g/mol. The Morgan fingerprint density at radius 3 is 2.56 bits per heavy atom. The molecule has 3 rings (SSSR count). The molecule has 0 bridgehead atoms. The van der Waals surface area contributed by atoms with Crippen molar-refractivity contribution in [3.8, 4) is 11.5 Å². The number of carbonyl (C=O) groups excluding carboxylic acids is 2. The molecule has 0 fully saturated rings. The first kappa shape index (κ1) is 23.7. The third-order valence-corrected chi connectivity index (χ3v) is 6.41. The van der Waals surface area contributed by atoms with Crippen LogP contribution in [0.4, 0.5) is 10.5 Å². The van der Waals surface area contributed by atoms with E-state index in [2.05, 4.69) is 5.32 Å². The number of nitrogens with zero attached hydrogens (tertiary/aromatic N) is 2. The molecule has 1 aliphatic rings. The number of aromatic hydroxyl groups is 1. The summed E-state index contributed by atoms with van der Waals surface area (Å²) in [5, 5.41) is 13.2. The molecular formula is C21H24ClN3O6S. The Labute approximate surface area is 191 Å². The number of anilines is 1. The van der Waals surface area contributed by atoms with E-state index in [4.69, 9.17) is 16.3 Å². The van der Waals surface area contributed by atoms with Crippen molar-refractivity contribution in [2.75, 3.05) is 38.5 Å². The Bertz CT molecular complexity index is 1180. The molecule has 32 heavy (non-hydrogen) atoms. The van der Waals surface area contributed by atoms with Gasteiger partial charge in [-0.2, -0.15) is 0 Å². The molecule has 9 nitrogen and oxygen atoms in total. The fraction of sp³-hybridized carbons (Fsp3) is 0.333. The van der Waals surface area contributed by atoms with Crippen LogP contribution in [0.15, 0.2) is 30.3 Å². The number of sulfone groups is 1. The van der Waals surface area contributed by atoms with Crippen LogP contribution >= 0.6 is 11.6 Å². The highest BCUT2D eigenvalue weighted by Crippen LogP contribution is 2.40. The smallest absolute Gasteiger partial charge is 0.321 e. The first-order valence-corrected chi connectivity index (χ1v) is 12.0. The zero-order valence-electron chi connectivity index (χ0n) is 18.0. The normalized spacial score (nSPS) is 14.2. The topological polar surface area (TPSA) is 116 Å². The lowest BCUT2D eigenvalue weighted by molar-refractivity contribution is 0.0719. The summed E-state index contributed by atoms with van der Waals surface area (Å²) >= 11 is 6.34. The number of halogens is 1. The van der Waals surface area contributed by atoms with Gasteiger partial charge in [0.15, 0.2) is 11.5 Å². The van der Waals surface area contributed by atoms with E-state index < -0.39 is 27.8 Å². The van der Waals surface area contributed by atoms with E-state index >= 15 is 0 Å². The van der Waals surface area contributed by atoms with E-state index in [9.17, 15) is 23.1 Å². The quantitative estimate of drug-likeness (QED) is 0.655. The van der Waals surface area contributed by atoms with Crippen LogP contribution in [0.5, 0.6) is 11.5 Å². The molecule has 0 saturated carbocycles. The summed E-state index contributed by atoms with van der Waals surface area (Å²) in [4.78, 5) is 28.3. The molecule has 11 heteroatoms. The van der Waals surface area contributed by atoms with Crippen LogP contribution in [0, 0.1) is 0 Å². The van der Waals surface area contributed by atoms with Crippen molar-refractivity contribution in [1.29, 1.82) is 0 Å². The van der Waals surface area contributed by atoms with E-state index in [0.29, 0.717) is 16.1 Å². The Morgan fingerprint density at radius 1 is 1.31 bits per heavy atom. The zero-order valence-corrected chi connectivity index (χ0v) is 19.6. The molecule has 2 N–H and O–H groups in total. The lowest BCUT2D eigenvalue weighted by Gasteiger charge is -2.28. The fourth-order valence-electron chi connectivity index (χ4n) is 3.56. The molecule has 1 heterocycles. The minimum absolute atomic E-state index is 0.0473. The molecule has 0 aromatic heterocycles. The Kier molecular flexibility index (Phi) is 6.56. The number of rotatable bonds is 6. The second-order valence-electron chi connectivity index (χ2n) is 7.75. The number of ether oxygens (including phenoxy) is 1. The lowest BCUT2D eigenvalue weighted by atomic mass is 10.1. The van der Waals surface area contributed by atoms with Gasteiger partial charge in [0.05, 0.1) is 30.2 Å². The first-order chi connectivity index (χ1) is 14.9. The SMILES string of the molecule is COc1ccc(C(CS(C)(=O)=O)N2Cc3c(Cl)ccc(NC(=O)N(C)C)c3C2=O)cc1O. The summed E-state index contributed by atoms with van der Waals surface area (Å²) in [5.41, 5.74) is 1.41. The number of hydrogen-bond donors (Lipinski definition) is 2. The van der Waals surface area contributed by atoms with Gasteiger partial charge >= 0.3 is 6.03 Å². The molecule has 1 unspecified atom stereocenters. The summed E-state index contributed by atoms with van der Waals surface area (Å²) < 4.78 is 29.5. The molecule has 172 valence electrons. The third-order valence-electron chi connectivity index (χ3n) is 5.13. The molecule has 1 atom stereocenters. The molecule has 1 aliphatic heterocycles. The third kappa shape index (κ3) is 4.76. The summed E-state index contributed by atoms with van der Waals surface area (Å²) in [7, 11) is 1.02. The van der Waals surface area contributed by atoms with Crippen LogP contribution in [0.3, 0.4) is 0 Å². The number of amides is 3. The van der Waals surface area contributed by atoms with Crippen molar-refractivity contribution in [2.45, 2.75) is 12.6 Å². The fourth-order valence-corrected chi connectivity index (χ4v) is 4.72. The van der Waals surface area contributed by atoms with Gasteiger partial charge in [-0.3, -0.25) is 4.79 Å². The minimum atomic E-state index is -3.51. The highest BCUT2D eigenvalue weighted by Gasteiger charge is 2.38. The van der Waals surface area contributed by atoms with Crippen molar-refractivity contribution >= 4 is 39.1 Å². The molecule has 2 aromatic rings. The maximum absolute atomic E-state index is 13.5. The summed E-state index contributed by atoms with van der Waals surface area (Å²) in [6.45, 7) is 0.0473. The molecular weight excluding hydrogens is 458 g/mol. The van der Waals surface area contributed by atoms with E-state index in [0.717, 1.165) is 6.26 Å². The second-order valence-corrected chi connectivity index (χ2v) is 10.3. The predicted molar refractivity (Wildman–Crippen MR) is 121 cm³/mol. The Morgan fingerprint density at radius 2 is 2.00 bits per heavy atom. The summed E-state index contributed by atoms with van der Waals surface area (Å²) in [6, 6.07) is 6.27. The first-order valence-electron chi connectivity index (χ1n) is 9.58. The van der Waals surface area contributed by atoms with Gasteiger partial charge in [0.25, 0.3) is 5.91 Å². The maximum Gasteiger partial charge on any atom is 0.321 e. The van der Waals surface area contributed by atoms with Gasteiger partial charge in [-0.05, 0) is 29.8 Å². The molecule has 3 amide bonds. The standard InChI is InChI=1S/C21H24ClN3O6S/c1-24(2)21(28)23-15-7-6-14(22)13-10-25(20(27)19(13)15)16(11-32(4,29)30)12-5-8-18(31-3)17(26)9-12/h5-9,16,26H,10-11H2,1-4H3,(H,23,28). The van der Waals surface area contributed by atoms with Gasteiger partial charge in [0, 0.05) is 37.5 Å². The highest BCUT2D eigenvalue weighted by molar-refractivity contribution is 7.90. The van der Waals surface area contributed by atoms with Crippen LogP contribution in [0.2, 0.25) is 5.02 Å². The van der Waals surface area contributed by atoms with E-state index in [1.807, 2.05) is 0 Å². The highest BCUT2D eigenvalue weighted by atomic mass is 35.5. The number of benzene rings is 2. The van der Waals surface area contributed by atoms with E-state index in [-0.39, 0.29) is 35.0 Å². The van der Waals surface area contributed by atoms with Crippen LogP contribution in [-0.2, 0) is 16.4 Å². The van der Waals surface area contributed by atoms with Gasteiger partial charge in [-0.15, -0.1) is 0 Å². The van der Waals surface area contributed by atoms with Crippen LogP contribution in [0.1, 0.15) is 27.5 Å². The summed E-state index contributed by atoms with van der Waals surface area (Å²) in [6.07, 6.45) is 1.08. The number of urea groups is 1. The number of hydrogen-bond acceptors (Lipinski definition) is 6. The summed E-state index contributed by atoms with van der Waals surface area (Å²) in [5.74, 6) is -0.792. The van der Waals surface area contributed by atoms with Crippen molar-refractivity contribution in [2.24, 2.45) is 0 Å². The monoisotopic (exact) mass is 481 g/mol. The van der Waals surface area contributed by atoms with Crippen LogP contribution in [0.25, 0.3) is 0 Å². The molecule has 0 radical (unpaired) electrons. The number of methoxy groups -OCH3 is 1. The molecule has 0 spiro atoms. The van der Waals surface area contributed by atoms with Crippen molar-refractivity contribution in [3.63, 3.8) is 0 Å². The molecule has 2 aromatic carbocycles. The largest absolute Gasteiger partial charge is 0.504 e. The van der Waals surface area contributed by atoms with Gasteiger partial charge in [0.1, 0.15) is 9.84 Å². The zero-order chi connectivity index (χ0) is 23.8. The van der Waals surface area contributed by atoms with Gasteiger partial charge in [-0.25, -0.2) is 13.2 Å². The molecule has 0 aliphatic carbocycles. The Balaban J connectivity index is 2.07. The lowest BCUT2D eigenvalue weighted by Crippen LogP contribution is -2.34. The van der Waals surface area contributed by atoms with Crippen molar-refractivity contribution < 1.29 is 27.9 Å². The van der Waals surface area contributed by atoms with Crippen LogP contribution in [-0.4, -0.2) is 68.5 Å². The van der Waals surface area contributed by atoms with Crippen molar-refractivity contribution in [3.05, 3.63) is 52.0 Å². The average Bonchev–Trinajstić information content (AvgIpc) is 3.05. The number of phenolic OH excluding ortho intramolecular Hbond substituents is 1. The van der Waals surface area contributed by atoms with E-state index in [1.54, 1.807) is 26.2 Å². The minimum Gasteiger partial charge on any atom is -0.504 e. The second kappa shape index (κ2) is 8.87. The predicted octanol–water partition coefficient (Wildman–Crippen LogP) is 2.89. The number of phenols is 1. The van der Waals surface area contributed by atoms with E-state index in [1.165, 1.54) is 35.1 Å².